The molecule has 174 valence electrons. The van der Waals surface area contributed by atoms with Crippen LogP contribution in [0.3, 0.4) is 0 Å². The van der Waals surface area contributed by atoms with Gasteiger partial charge in [-0.25, -0.2) is 9.97 Å². The van der Waals surface area contributed by atoms with E-state index in [0.717, 1.165) is 6.20 Å². The lowest BCUT2D eigenvalue weighted by molar-refractivity contribution is -0.143. The number of alkyl halides is 6. The van der Waals surface area contributed by atoms with Crippen LogP contribution in [0.2, 0.25) is 0 Å². The van der Waals surface area contributed by atoms with E-state index in [2.05, 4.69) is 9.97 Å². The first kappa shape index (κ1) is 23.0. The lowest BCUT2D eigenvalue weighted by atomic mass is 10.0. The van der Waals surface area contributed by atoms with Crippen molar-refractivity contribution in [1.29, 1.82) is 0 Å². The number of nitrogens with two attached hydrogens (primary N) is 1. The fourth-order valence-electron chi connectivity index (χ4n) is 3.20. The molecule has 0 fully saturated rings. The molecular formula is C23H13F6N3O2. The quantitative estimate of drug-likeness (QED) is 0.291. The monoisotopic (exact) mass is 477 g/mol. The largest absolute Gasteiger partial charge is 0.456 e. The number of carbonyl (C=O) groups excluding carboxylic acids is 1. The Morgan fingerprint density at radius 2 is 1.56 bits per heavy atom. The molecule has 0 spiro atoms. The number of benzene rings is 2. The maximum Gasteiger partial charge on any atom is 0.416 e. The summed E-state index contributed by atoms with van der Waals surface area (Å²) < 4.78 is 84.8. The molecule has 0 saturated heterocycles. The van der Waals surface area contributed by atoms with E-state index in [1.165, 1.54) is 12.1 Å². The van der Waals surface area contributed by atoms with Gasteiger partial charge in [-0.05, 0) is 42.5 Å². The van der Waals surface area contributed by atoms with Gasteiger partial charge >= 0.3 is 12.4 Å². The van der Waals surface area contributed by atoms with Crippen LogP contribution in [0.1, 0.15) is 22.6 Å². The maximum absolute atomic E-state index is 13.2. The van der Waals surface area contributed by atoms with Crippen molar-refractivity contribution >= 4 is 28.5 Å². The average Bonchev–Trinajstić information content (AvgIpc) is 3.20. The molecule has 0 aliphatic rings. The second-order valence-corrected chi connectivity index (χ2v) is 7.17. The van der Waals surface area contributed by atoms with E-state index >= 15 is 0 Å². The van der Waals surface area contributed by atoms with E-state index in [1.807, 2.05) is 0 Å². The van der Waals surface area contributed by atoms with Gasteiger partial charge in [0.05, 0.1) is 22.4 Å². The number of carbonyl (C=O) groups is 1. The summed E-state index contributed by atoms with van der Waals surface area (Å²) in [7, 11) is 0. The number of furan rings is 1. The molecule has 4 rings (SSSR count). The summed E-state index contributed by atoms with van der Waals surface area (Å²) in [5.74, 6) is -1.16. The van der Waals surface area contributed by atoms with Crippen molar-refractivity contribution in [3.8, 4) is 11.4 Å². The molecule has 0 aliphatic heterocycles. The molecule has 0 radical (unpaired) electrons. The van der Waals surface area contributed by atoms with Gasteiger partial charge in [-0.1, -0.05) is 18.2 Å². The minimum absolute atomic E-state index is 0.0139. The van der Waals surface area contributed by atoms with Crippen LogP contribution in [0.15, 0.2) is 65.2 Å². The maximum atomic E-state index is 13.2. The molecule has 0 atom stereocenters. The number of nitrogens with zero attached hydrogens (tertiary/aromatic N) is 2. The van der Waals surface area contributed by atoms with Crippen molar-refractivity contribution in [3.05, 3.63) is 83.4 Å². The first-order valence-corrected chi connectivity index (χ1v) is 9.55. The van der Waals surface area contributed by atoms with Crippen LogP contribution < -0.4 is 5.73 Å². The molecule has 2 aromatic heterocycles. The molecule has 0 saturated carbocycles. The lowest BCUT2D eigenvalue weighted by Gasteiger charge is -2.13. The highest BCUT2D eigenvalue weighted by Gasteiger charge is 2.37. The normalized spacial score (nSPS) is 12.8. The Morgan fingerprint density at radius 1 is 0.912 bits per heavy atom. The highest BCUT2D eigenvalue weighted by atomic mass is 19.4. The first-order valence-electron chi connectivity index (χ1n) is 9.55. The molecule has 2 N–H and O–H groups in total. The summed E-state index contributed by atoms with van der Waals surface area (Å²) in [5.41, 5.74) is 2.37. The first-order chi connectivity index (χ1) is 15.9. The molecular weight excluding hydrogens is 464 g/mol. The number of primary amides is 1. The molecule has 5 nitrogen and oxygen atoms in total. The molecule has 1 amide bonds. The SMILES string of the molecule is NC(=O)/C(=C/c1ccnc(-c2cc(C(F)(F)F)cc(C(F)(F)F)c2)n1)c1cc2ccccc2o1. The Morgan fingerprint density at radius 3 is 2.15 bits per heavy atom. The minimum atomic E-state index is -5.02. The van der Waals surface area contributed by atoms with Crippen LogP contribution in [-0.2, 0) is 17.1 Å². The third kappa shape index (κ3) is 4.77. The molecule has 0 aliphatic carbocycles. The van der Waals surface area contributed by atoms with Crippen LogP contribution in [-0.4, -0.2) is 15.9 Å². The summed E-state index contributed by atoms with van der Waals surface area (Å²) in [6.45, 7) is 0. The number of para-hydroxylation sites is 1. The highest BCUT2D eigenvalue weighted by molar-refractivity contribution is 6.23. The van der Waals surface area contributed by atoms with Crippen LogP contribution in [0.4, 0.5) is 26.3 Å². The van der Waals surface area contributed by atoms with Gasteiger partial charge in [-0.15, -0.1) is 0 Å². The van der Waals surface area contributed by atoms with E-state index in [0.29, 0.717) is 23.1 Å². The fraction of sp³-hybridized carbons (Fsp3) is 0.0870. The number of hydrogen-bond donors (Lipinski definition) is 1. The van der Waals surface area contributed by atoms with Gasteiger partial charge in [-0.2, -0.15) is 26.3 Å². The topological polar surface area (TPSA) is 82.0 Å². The van der Waals surface area contributed by atoms with Gasteiger partial charge in [0.15, 0.2) is 5.82 Å². The second-order valence-electron chi connectivity index (χ2n) is 7.17. The van der Waals surface area contributed by atoms with Gasteiger partial charge in [0, 0.05) is 17.1 Å². The van der Waals surface area contributed by atoms with Crippen LogP contribution in [0.25, 0.3) is 34.0 Å². The van der Waals surface area contributed by atoms with Gasteiger partial charge in [0.25, 0.3) is 5.91 Å². The van der Waals surface area contributed by atoms with Crippen molar-refractivity contribution in [2.24, 2.45) is 5.73 Å². The molecule has 2 aromatic carbocycles. The van der Waals surface area contributed by atoms with Crippen LogP contribution in [0, 0.1) is 0 Å². The zero-order valence-electron chi connectivity index (χ0n) is 16.9. The minimum Gasteiger partial charge on any atom is -0.456 e. The number of fused-ring (bicyclic) bond motifs is 1. The van der Waals surface area contributed by atoms with Crippen molar-refractivity contribution in [1.82, 2.24) is 9.97 Å². The predicted octanol–water partition coefficient (Wildman–Crippen LogP) is 5.95. The Balaban J connectivity index is 1.81. The van der Waals surface area contributed by atoms with Gasteiger partial charge in [0.1, 0.15) is 11.3 Å². The number of aromatic nitrogens is 2. The molecule has 4 aromatic rings. The average molecular weight is 477 g/mol. The van der Waals surface area contributed by atoms with Gasteiger partial charge in [0.2, 0.25) is 0 Å². The predicted molar refractivity (Wildman–Crippen MR) is 111 cm³/mol. The Hall–Kier alpha value is -4.15. The summed E-state index contributed by atoms with van der Waals surface area (Å²) in [6, 6.07) is 10.8. The number of amides is 1. The van der Waals surface area contributed by atoms with Crippen LogP contribution in [0.5, 0.6) is 0 Å². The Bertz CT molecular complexity index is 1350. The lowest BCUT2D eigenvalue weighted by Crippen LogP contribution is -2.12. The second kappa shape index (κ2) is 8.32. The van der Waals surface area contributed by atoms with Crippen LogP contribution >= 0.6 is 0 Å². The number of rotatable bonds is 4. The molecule has 2 heterocycles. The van der Waals surface area contributed by atoms with E-state index in [1.54, 1.807) is 30.3 Å². The molecule has 0 bridgehead atoms. The summed E-state index contributed by atoms with van der Waals surface area (Å²) in [5, 5.41) is 0.691. The van der Waals surface area contributed by atoms with Gasteiger partial charge in [-0.3, -0.25) is 4.79 Å². The van der Waals surface area contributed by atoms with E-state index < -0.39 is 40.8 Å². The smallest absolute Gasteiger partial charge is 0.416 e. The fourth-order valence-corrected chi connectivity index (χ4v) is 3.20. The van der Waals surface area contributed by atoms with Crippen molar-refractivity contribution < 1.29 is 35.6 Å². The van der Waals surface area contributed by atoms with E-state index in [4.69, 9.17) is 10.2 Å². The summed E-state index contributed by atoms with van der Waals surface area (Å²) in [4.78, 5) is 19.9. The molecule has 34 heavy (non-hydrogen) atoms. The summed E-state index contributed by atoms with van der Waals surface area (Å²) >= 11 is 0. The molecule has 11 heteroatoms. The third-order valence-electron chi connectivity index (χ3n) is 4.77. The zero-order valence-corrected chi connectivity index (χ0v) is 16.9. The zero-order chi connectivity index (χ0) is 24.7. The third-order valence-corrected chi connectivity index (χ3v) is 4.77. The standard InChI is InChI=1S/C23H13F6N3O2/c24-22(25,26)14-7-13(8-15(10-14)23(27,28)29)21-31-6-5-16(32-21)11-17(20(30)33)19-9-12-3-1-2-4-18(12)34-19/h1-11H,(H2,30,33)/b17-11+. The van der Waals surface area contributed by atoms with E-state index in [9.17, 15) is 31.1 Å². The Labute approximate surface area is 187 Å². The van der Waals surface area contributed by atoms with E-state index in [-0.39, 0.29) is 23.1 Å². The number of halogens is 6. The van der Waals surface area contributed by atoms with Crippen molar-refractivity contribution in [2.75, 3.05) is 0 Å². The highest BCUT2D eigenvalue weighted by Crippen LogP contribution is 2.38. The molecule has 0 unspecified atom stereocenters. The number of hydrogen-bond acceptors (Lipinski definition) is 4. The van der Waals surface area contributed by atoms with Crippen molar-refractivity contribution in [2.45, 2.75) is 12.4 Å². The van der Waals surface area contributed by atoms with Crippen molar-refractivity contribution in [3.63, 3.8) is 0 Å². The van der Waals surface area contributed by atoms with Gasteiger partial charge < -0.3 is 10.2 Å². The Kier molecular flexibility index (Phi) is 5.64. The summed E-state index contributed by atoms with van der Waals surface area (Å²) in [6.07, 6.45) is -7.69.